The molecule has 11 heteroatoms. The minimum absolute atomic E-state index is 0.0457. The van der Waals surface area contributed by atoms with E-state index in [2.05, 4.69) is 20.7 Å². The third-order valence-electron chi connectivity index (χ3n) is 4.14. The molecule has 1 heterocycles. The maximum Gasteiger partial charge on any atom is 0.261 e. The summed E-state index contributed by atoms with van der Waals surface area (Å²) in [7, 11) is -7.95. The van der Waals surface area contributed by atoms with Crippen LogP contribution in [-0.4, -0.2) is 28.5 Å². The van der Waals surface area contributed by atoms with Crippen LogP contribution in [0.4, 0.5) is 15.8 Å². The fourth-order valence-corrected chi connectivity index (χ4v) is 6.31. The van der Waals surface area contributed by atoms with E-state index in [-0.39, 0.29) is 22.0 Å². The van der Waals surface area contributed by atoms with Crippen molar-refractivity contribution >= 4 is 53.3 Å². The normalized spacial score (nSPS) is 18.3. The second kappa shape index (κ2) is 6.82. The highest BCUT2D eigenvalue weighted by molar-refractivity contribution is 9.10. The van der Waals surface area contributed by atoms with Crippen molar-refractivity contribution in [3.8, 4) is 0 Å². The average molecular weight is 491 g/mol. The van der Waals surface area contributed by atoms with Gasteiger partial charge in [-0.1, -0.05) is 15.9 Å². The highest BCUT2D eigenvalue weighted by atomic mass is 79.9. The number of carbonyl (C=O) groups is 1. The third kappa shape index (κ3) is 3.78. The van der Waals surface area contributed by atoms with Gasteiger partial charge < -0.3 is 0 Å². The van der Waals surface area contributed by atoms with Crippen LogP contribution in [0.15, 0.2) is 51.8 Å². The fourth-order valence-electron chi connectivity index (χ4n) is 2.80. The Kier molecular flexibility index (Phi) is 5.05. The lowest BCUT2D eigenvalue weighted by molar-refractivity contribution is -0.123. The van der Waals surface area contributed by atoms with Gasteiger partial charge in [-0.3, -0.25) is 9.52 Å². The number of anilines is 2. The van der Waals surface area contributed by atoms with Crippen LogP contribution < -0.4 is 9.03 Å². The number of nitrogens with zero attached hydrogens (tertiary/aromatic N) is 1. The zero-order chi connectivity index (χ0) is 20.9. The lowest BCUT2D eigenvalue weighted by Gasteiger charge is -2.18. The van der Waals surface area contributed by atoms with Gasteiger partial charge in [-0.2, -0.15) is 0 Å². The van der Waals surface area contributed by atoms with Gasteiger partial charge in [0.15, 0.2) is 0 Å². The third-order valence-corrected chi connectivity index (χ3v) is 8.04. The second-order valence-electron chi connectivity index (χ2n) is 6.93. The molecule has 0 atom stereocenters. The molecule has 1 N–H and O–H groups in total. The summed E-state index contributed by atoms with van der Waals surface area (Å²) >= 11 is 3.08. The van der Waals surface area contributed by atoms with Crippen LogP contribution in [0.1, 0.15) is 13.8 Å². The minimum atomic E-state index is -4.11. The van der Waals surface area contributed by atoms with E-state index >= 15 is 0 Å². The van der Waals surface area contributed by atoms with Crippen LogP contribution in [0.5, 0.6) is 0 Å². The summed E-state index contributed by atoms with van der Waals surface area (Å²) in [5.74, 6) is -1.67. The van der Waals surface area contributed by atoms with E-state index < -0.39 is 37.2 Å². The first-order chi connectivity index (χ1) is 12.8. The molecular formula is C17H16BrFN2O5S2. The zero-order valence-electron chi connectivity index (χ0n) is 14.8. The smallest absolute Gasteiger partial charge is 0.261 e. The van der Waals surface area contributed by atoms with Gasteiger partial charge in [0.05, 0.1) is 27.4 Å². The first-order valence-electron chi connectivity index (χ1n) is 7.99. The van der Waals surface area contributed by atoms with Crippen LogP contribution in [-0.2, 0) is 24.8 Å². The minimum Gasteiger partial charge on any atom is -0.277 e. The van der Waals surface area contributed by atoms with Crippen molar-refractivity contribution in [1.29, 1.82) is 0 Å². The van der Waals surface area contributed by atoms with Gasteiger partial charge in [0.2, 0.25) is 15.9 Å². The number of nitrogens with one attached hydrogen (secondary N) is 1. The molecule has 2 aromatic rings. The second-order valence-corrected chi connectivity index (χ2v) is 11.3. The van der Waals surface area contributed by atoms with E-state index in [9.17, 15) is 26.0 Å². The summed E-state index contributed by atoms with van der Waals surface area (Å²) in [6, 6.07) is 8.63. The van der Waals surface area contributed by atoms with Gasteiger partial charge in [0.1, 0.15) is 5.82 Å². The van der Waals surface area contributed by atoms with Crippen molar-refractivity contribution in [1.82, 2.24) is 0 Å². The molecule has 1 aliphatic rings. The number of amides is 1. The highest BCUT2D eigenvalue weighted by Crippen LogP contribution is 2.36. The molecule has 0 aromatic heterocycles. The Bertz CT molecular complexity index is 1160. The van der Waals surface area contributed by atoms with Crippen molar-refractivity contribution < 1.29 is 26.0 Å². The number of benzene rings is 2. The molecule has 1 aliphatic heterocycles. The fraction of sp³-hybridized carbons (Fsp3) is 0.235. The van der Waals surface area contributed by atoms with Crippen molar-refractivity contribution in [2.24, 2.45) is 5.41 Å². The molecule has 0 bridgehead atoms. The van der Waals surface area contributed by atoms with E-state index in [4.69, 9.17) is 0 Å². The lowest BCUT2D eigenvalue weighted by atomic mass is 9.95. The predicted octanol–water partition coefficient (Wildman–Crippen LogP) is 3.09. The summed E-state index contributed by atoms with van der Waals surface area (Å²) < 4.78 is 66.7. The Hall–Kier alpha value is -1.98. The number of hydrogen-bond acceptors (Lipinski definition) is 5. The first-order valence-corrected chi connectivity index (χ1v) is 11.9. The monoisotopic (exact) mass is 490 g/mol. The highest BCUT2D eigenvalue weighted by Gasteiger charge is 2.49. The van der Waals surface area contributed by atoms with E-state index in [1.807, 2.05) is 0 Å². The number of hydrogen-bond donors (Lipinski definition) is 1. The number of carbonyl (C=O) groups excluding carboxylic acids is 1. The molecular weight excluding hydrogens is 475 g/mol. The largest absolute Gasteiger partial charge is 0.277 e. The van der Waals surface area contributed by atoms with Gasteiger partial charge in [0.25, 0.3) is 10.0 Å². The molecule has 0 unspecified atom stereocenters. The Balaban J connectivity index is 1.91. The molecule has 1 fully saturated rings. The van der Waals surface area contributed by atoms with E-state index in [0.717, 1.165) is 18.2 Å². The standard InChI is InChI=1S/C17H16BrFN2O5S2/c1-17(2)10-27(23,24)21(16(17)22)12-4-6-13(7-5-12)28(25,26)20-15-8-3-11(18)9-14(15)19/h3-9,20H,10H2,1-2H3. The summed E-state index contributed by atoms with van der Waals surface area (Å²) in [6.45, 7) is 3.06. The molecule has 28 heavy (non-hydrogen) atoms. The first kappa shape index (κ1) is 20.7. The number of rotatable bonds is 4. The summed E-state index contributed by atoms with van der Waals surface area (Å²) in [5, 5.41) is 0. The number of halogens is 2. The van der Waals surface area contributed by atoms with E-state index in [0.29, 0.717) is 8.78 Å². The van der Waals surface area contributed by atoms with Crippen LogP contribution in [0.2, 0.25) is 0 Å². The summed E-state index contributed by atoms with van der Waals surface area (Å²) in [5.41, 5.74) is -1.25. The lowest BCUT2D eigenvalue weighted by Crippen LogP contribution is -2.32. The van der Waals surface area contributed by atoms with Crippen LogP contribution in [0.25, 0.3) is 0 Å². The predicted molar refractivity (Wildman–Crippen MR) is 106 cm³/mol. The molecule has 2 aromatic carbocycles. The topological polar surface area (TPSA) is 101 Å². The molecule has 0 aliphatic carbocycles. The molecule has 0 radical (unpaired) electrons. The SMILES string of the molecule is CC1(C)CS(=O)(=O)N(c2ccc(S(=O)(=O)Nc3ccc(Br)cc3F)cc2)C1=O. The van der Waals surface area contributed by atoms with E-state index in [1.54, 1.807) is 0 Å². The maximum absolute atomic E-state index is 13.9. The molecule has 3 rings (SSSR count). The quantitative estimate of drug-likeness (QED) is 0.709. The van der Waals surface area contributed by atoms with Crippen LogP contribution in [0.3, 0.4) is 0 Å². The van der Waals surface area contributed by atoms with Crippen LogP contribution >= 0.6 is 15.9 Å². The molecule has 7 nitrogen and oxygen atoms in total. The molecule has 1 saturated heterocycles. The van der Waals surface area contributed by atoms with Gasteiger partial charge in [-0.25, -0.2) is 25.5 Å². The Morgan fingerprint density at radius 1 is 1.14 bits per heavy atom. The summed E-state index contributed by atoms with van der Waals surface area (Å²) in [4.78, 5) is 12.2. The van der Waals surface area contributed by atoms with Gasteiger partial charge in [-0.15, -0.1) is 0 Å². The molecule has 0 saturated carbocycles. The summed E-state index contributed by atoms with van der Waals surface area (Å²) in [6.07, 6.45) is 0. The van der Waals surface area contributed by atoms with Gasteiger partial charge in [-0.05, 0) is 56.3 Å². The van der Waals surface area contributed by atoms with Crippen molar-refractivity contribution in [2.75, 3.05) is 14.8 Å². The zero-order valence-corrected chi connectivity index (χ0v) is 18.0. The molecule has 0 spiro atoms. The van der Waals surface area contributed by atoms with Crippen molar-refractivity contribution in [2.45, 2.75) is 18.7 Å². The van der Waals surface area contributed by atoms with Gasteiger partial charge in [0, 0.05) is 4.47 Å². The maximum atomic E-state index is 13.9. The van der Waals surface area contributed by atoms with Crippen molar-refractivity contribution in [3.63, 3.8) is 0 Å². The number of sulfonamides is 2. The van der Waals surface area contributed by atoms with E-state index in [1.165, 1.54) is 38.1 Å². The Morgan fingerprint density at radius 3 is 2.25 bits per heavy atom. The molecule has 1 amide bonds. The Morgan fingerprint density at radius 2 is 1.75 bits per heavy atom. The van der Waals surface area contributed by atoms with Crippen LogP contribution in [0, 0.1) is 11.2 Å². The Labute approximate surface area is 170 Å². The average Bonchev–Trinajstić information content (AvgIpc) is 2.73. The van der Waals surface area contributed by atoms with Crippen molar-refractivity contribution in [3.05, 3.63) is 52.8 Å². The molecule has 150 valence electrons. The van der Waals surface area contributed by atoms with Gasteiger partial charge >= 0.3 is 0 Å².